The maximum Gasteiger partial charge on any atom is 0.238 e. The highest BCUT2D eigenvalue weighted by atomic mass is 35.5. The Morgan fingerprint density at radius 3 is 2.84 bits per heavy atom. The van der Waals surface area contributed by atoms with Gasteiger partial charge in [0.05, 0.1) is 20.3 Å². The number of likely N-dealkylation sites (tertiary alicyclic amines) is 1. The van der Waals surface area contributed by atoms with Crippen LogP contribution in [0.1, 0.15) is 24.4 Å². The molecule has 1 amide bonds. The van der Waals surface area contributed by atoms with Crippen LogP contribution in [0.4, 0.5) is 0 Å². The second-order valence-corrected chi connectivity index (χ2v) is 4.75. The quantitative estimate of drug-likeness (QED) is 0.798. The number of hydrogen-bond acceptors (Lipinski definition) is 3. The zero-order chi connectivity index (χ0) is 13.8. The van der Waals surface area contributed by atoms with Crippen LogP contribution in [0, 0.1) is 0 Å². The van der Waals surface area contributed by atoms with E-state index >= 15 is 0 Å². The standard InChI is InChI=1S/C14H18ClNO3/c1-18-10-5-6-13(19-2)11(8-10)12-4-3-7-16(12)14(17)9-15/h5-6,8,12H,3-4,7,9H2,1-2H3/t12-/m1/s1. The molecule has 5 heteroatoms. The van der Waals surface area contributed by atoms with Crippen LogP contribution >= 0.6 is 11.6 Å². The third kappa shape index (κ3) is 2.78. The van der Waals surface area contributed by atoms with Crippen molar-refractivity contribution in [3.05, 3.63) is 23.8 Å². The zero-order valence-corrected chi connectivity index (χ0v) is 11.9. The normalized spacial score (nSPS) is 18.5. The summed E-state index contributed by atoms with van der Waals surface area (Å²) >= 11 is 5.67. The molecule has 0 spiro atoms. The molecule has 0 unspecified atom stereocenters. The molecule has 19 heavy (non-hydrogen) atoms. The molecular weight excluding hydrogens is 266 g/mol. The molecule has 0 bridgehead atoms. The first kappa shape index (κ1) is 14.0. The second-order valence-electron chi connectivity index (χ2n) is 4.49. The van der Waals surface area contributed by atoms with Crippen molar-refractivity contribution in [2.24, 2.45) is 0 Å². The van der Waals surface area contributed by atoms with E-state index < -0.39 is 0 Å². The summed E-state index contributed by atoms with van der Waals surface area (Å²) in [5, 5.41) is 0. The number of benzene rings is 1. The molecule has 2 rings (SSSR count). The molecule has 0 radical (unpaired) electrons. The summed E-state index contributed by atoms with van der Waals surface area (Å²) in [6.07, 6.45) is 1.90. The van der Waals surface area contributed by atoms with E-state index in [9.17, 15) is 4.79 Å². The van der Waals surface area contributed by atoms with Gasteiger partial charge in [-0.05, 0) is 31.0 Å². The largest absolute Gasteiger partial charge is 0.497 e. The van der Waals surface area contributed by atoms with Crippen LogP contribution in [-0.2, 0) is 4.79 Å². The predicted octanol–water partition coefficient (Wildman–Crippen LogP) is 2.61. The summed E-state index contributed by atoms with van der Waals surface area (Å²) in [4.78, 5) is 13.7. The Labute approximate surface area is 118 Å². The Balaban J connectivity index is 2.36. The molecule has 1 fully saturated rings. The van der Waals surface area contributed by atoms with E-state index in [0.717, 1.165) is 36.4 Å². The monoisotopic (exact) mass is 283 g/mol. The van der Waals surface area contributed by atoms with Gasteiger partial charge in [0.15, 0.2) is 0 Å². The molecule has 1 aromatic carbocycles. The van der Waals surface area contributed by atoms with E-state index in [2.05, 4.69) is 0 Å². The van der Waals surface area contributed by atoms with Crippen LogP contribution in [-0.4, -0.2) is 37.5 Å². The van der Waals surface area contributed by atoms with Gasteiger partial charge in [-0.1, -0.05) is 0 Å². The highest BCUT2D eigenvalue weighted by Gasteiger charge is 2.31. The fourth-order valence-electron chi connectivity index (χ4n) is 2.57. The summed E-state index contributed by atoms with van der Waals surface area (Å²) < 4.78 is 10.6. The van der Waals surface area contributed by atoms with Crippen LogP contribution in [0.2, 0.25) is 0 Å². The molecule has 1 saturated heterocycles. The average molecular weight is 284 g/mol. The predicted molar refractivity (Wildman–Crippen MR) is 74.0 cm³/mol. The third-order valence-electron chi connectivity index (χ3n) is 3.48. The number of carbonyl (C=O) groups excluding carboxylic acids is 1. The molecule has 0 N–H and O–H groups in total. The van der Waals surface area contributed by atoms with Crippen molar-refractivity contribution in [2.75, 3.05) is 26.6 Å². The van der Waals surface area contributed by atoms with Crippen LogP contribution in [0.15, 0.2) is 18.2 Å². The van der Waals surface area contributed by atoms with Crippen LogP contribution < -0.4 is 9.47 Å². The van der Waals surface area contributed by atoms with Gasteiger partial charge < -0.3 is 14.4 Å². The summed E-state index contributed by atoms with van der Waals surface area (Å²) in [7, 11) is 3.26. The third-order valence-corrected chi connectivity index (χ3v) is 3.71. The topological polar surface area (TPSA) is 38.8 Å². The van der Waals surface area contributed by atoms with Crippen molar-refractivity contribution in [3.63, 3.8) is 0 Å². The SMILES string of the molecule is COc1ccc(OC)c([C@H]2CCCN2C(=O)CCl)c1. The number of hydrogen-bond donors (Lipinski definition) is 0. The minimum atomic E-state index is -0.0333. The molecule has 1 aliphatic rings. The van der Waals surface area contributed by atoms with E-state index in [1.54, 1.807) is 14.2 Å². The maximum absolute atomic E-state index is 11.9. The first-order valence-corrected chi connectivity index (χ1v) is 6.82. The number of alkyl halides is 1. The molecule has 4 nitrogen and oxygen atoms in total. The number of methoxy groups -OCH3 is 2. The number of carbonyl (C=O) groups is 1. The van der Waals surface area contributed by atoms with Gasteiger partial charge in [-0.3, -0.25) is 4.79 Å². The van der Waals surface area contributed by atoms with Gasteiger partial charge in [-0.25, -0.2) is 0 Å². The molecule has 1 atom stereocenters. The highest BCUT2D eigenvalue weighted by molar-refractivity contribution is 6.27. The van der Waals surface area contributed by atoms with Crippen molar-refractivity contribution >= 4 is 17.5 Å². The Hall–Kier alpha value is -1.42. The van der Waals surface area contributed by atoms with Gasteiger partial charge >= 0.3 is 0 Å². The van der Waals surface area contributed by atoms with Crippen molar-refractivity contribution in [2.45, 2.75) is 18.9 Å². The molecule has 1 aliphatic heterocycles. The van der Waals surface area contributed by atoms with Gasteiger partial charge in [0.1, 0.15) is 17.4 Å². The molecule has 1 heterocycles. The fourth-order valence-corrected chi connectivity index (χ4v) is 2.72. The van der Waals surface area contributed by atoms with E-state index in [4.69, 9.17) is 21.1 Å². The molecular formula is C14H18ClNO3. The molecule has 0 aromatic heterocycles. The Morgan fingerprint density at radius 1 is 1.42 bits per heavy atom. The molecule has 104 valence electrons. The minimum absolute atomic E-state index is 0.0167. The fraction of sp³-hybridized carbons (Fsp3) is 0.500. The lowest BCUT2D eigenvalue weighted by Gasteiger charge is -2.26. The van der Waals surface area contributed by atoms with E-state index in [-0.39, 0.29) is 17.8 Å². The van der Waals surface area contributed by atoms with Crippen molar-refractivity contribution in [1.29, 1.82) is 0 Å². The number of ether oxygens (including phenoxy) is 2. The summed E-state index contributed by atoms with van der Waals surface area (Å²) in [5.41, 5.74) is 0.984. The van der Waals surface area contributed by atoms with Gasteiger partial charge in [0.2, 0.25) is 5.91 Å². The average Bonchev–Trinajstić information content (AvgIpc) is 2.94. The van der Waals surface area contributed by atoms with Crippen molar-refractivity contribution in [3.8, 4) is 11.5 Å². The van der Waals surface area contributed by atoms with Gasteiger partial charge in [-0.15, -0.1) is 11.6 Å². The van der Waals surface area contributed by atoms with E-state index in [0.29, 0.717) is 0 Å². The highest BCUT2D eigenvalue weighted by Crippen LogP contribution is 2.38. The second kappa shape index (κ2) is 6.15. The van der Waals surface area contributed by atoms with Gasteiger partial charge in [0, 0.05) is 12.1 Å². The number of rotatable bonds is 4. The maximum atomic E-state index is 11.9. The van der Waals surface area contributed by atoms with Crippen molar-refractivity contribution < 1.29 is 14.3 Å². The lowest BCUT2D eigenvalue weighted by molar-refractivity contribution is -0.129. The Morgan fingerprint density at radius 2 is 2.21 bits per heavy atom. The number of nitrogens with zero attached hydrogens (tertiary/aromatic N) is 1. The van der Waals surface area contributed by atoms with Crippen LogP contribution in [0.5, 0.6) is 11.5 Å². The smallest absolute Gasteiger partial charge is 0.238 e. The molecule has 0 aliphatic carbocycles. The molecule has 0 saturated carbocycles. The summed E-state index contributed by atoms with van der Waals surface area (Å²) in [5.74, 6) is 1.53. The number of amides is 1. The molecule has 1 aromatic rings. The lowest BCUT2D eigenvalue weighted by Crippen LogP contribution is -2.31. The first-order valence-electron chi connectivity index (χ1n) is 6.28. The van der Waals surface area contributed by atoms with E-state index in [1.807, 2.05) is 23.1 Å². The number of halogens is 1. The van der Waals surface area contributed by atoms with Crippen molar-refractivity contribution in [1.82, 2.24) is 4.90 Å². The van der Waals surface area contributed by atoms with E-state index in [1.165, 1.54) is 0 Å². The minimum Gasteiger partial charge on any atom is -0.497 e. The van der Waals surface area contributed by atoms with Crippen LogP contribution in [0.25, 0.3) is 0 Å². The zero-order valence-electron chi connectivity index (χ0n) is 11.2. The first-order chi connectivity index (χ1) is 9.21. The van der Waals surface area contributed by atoms with Gasteiger partial charge in [-0.2, -0.15) is 0 Å². The summed E-state index contributed by atoms with van der Waals surface area (Å²) in [6.45, 7) is 0.747. The van der Waals surface area contributed by atoms with Crippen LogP contribution in [0.3, 0.4) is 0 Å². The Kier molecular flexibility index (Phi) is 4.53. The van der Waals surface area contributed by atoms with Gasteiger partial charge in [0.25, 0.3) is 0 Å². The summed E-state index contributed by atoms with van der Waals surface area (Å²) in [6, 6.07) is 5.68. The Bertz CT molecular complexity index is 464. The lowest BCUT2D eigenvalue weighted by atomic mass is 10.0.